The first-order valence-electron chi connectivity index (χ1n) is 13.1. The topological polar surface area (TPSA) is 99.2 Å². The molecule has 0 radical (unpaired) electrons. The first-order chi connectivity index (χ1) is 17.2. The zero-order chi connectivity index (χ0) is 26.6. The molecule has 0 aromatic heterocycles. The van der Waals surface area contributed by atoms with Gasteiger partial charge in [-0.1, -0.05) is 32.9 Å². The summed E-state index contributed by atoms with van der Waals surface area (Å²) in [6.07, 6.45) is 3.80. The van der Waals surface area contributed by atoms with Gasteiger partial charge < -0.3 is 25.0 Å². The van der Waals surface area contributed by atoms with Gasteiger partial charge in [0.15, 0.2) is 0 Å². The van der Waals surface area contributed by atoms with Gasteiger partial charge in [0, 0.05) is 30.4 Å². The predicted molar refractivity (Wildman–Crippen MR) is 140 cm³/mol. The van der Waals surface area contributed by atoms with Crippen LogP contribution in [-0.2, 0) is 19.1 Å². The van der Waals surface area contributed by atoms with Gasteiger partial charge in [-0.05, 0) is 56.9 Å². The number of benzene rings is 1. The molecule has 8 heteroatoms. The molecule has 1 aliphatic heterocycles. The Hall–Kier alpha value is -2.87. The molecule has 8 nitrogen and oxygen atoms in total. The van der Waals surface area contributed by atoms with Crippen LogP contribution in [0, 0.1) is 29.6 Å². The van der Waals surface area contributed by atoms with E-state index in [0.717, 1.165) is 18.8 Å². The Kier molecular flexibility index (Phi) is 9.17. The second-order valence-electron chi connectivity index (χ2n) is 10.0. The summed E-state index contributed by atoms with van der Waals surface area (Å²) in [5, 5.41) is 13.2. The summed E-state index contributed by atoms with van der Waals surface area (Å²) < 4.78 is 5.32. The first-order valence-corrected chi connectivity index (χ1v) is 13.1. The van der Waals surface area contributed by atoms with E-state index in [2.05, 4.69) is 24.1 Å². The quantitative estimate of drug-likeness (QED) is 0.379. The highest BCUT2D eigenvalue weighted by molar-refractivity contribution is 6.01. The molecule has 0 bridgehead atoms. The van der Waals surface area contributed by atoms with Gasteiger partial charge in [-0.25, -0.2) is 0 Å². The lowest BCUT2D eigenvalue weighted by Crippen LogP contribution is -2.52. The lowest BCUT2D eigenvalue weighted by molar-refractivity contribution is -0.156. The molecule has 198 valence electrons. The Morgan fingerprint density at radius 2 is 1.75 bits per heavy atom. The van der Waals surface area contributed by atoms with Crippen LogP contribution < -0.4 is 10.2 Å². The second kappa shape index (κ2) is 11.9. The summed E-state index contributed by atoms with van der Waals surface area (Å²) in [5.41, 5.74) is 1.70. The summed E-state index contributed by atoms with van der Waals surface area (Å²) in [6, 6.07) is 6.26. The fraction of sp³-hybridized carbons (Fsp3) is 0.607. The van der Waals surface area contributed by atoms with Gasteiger partial charge in [0.1, 0.15) is 6.04 Å². The third-order valence-electron chi connectivity index (χ3n) is 7.61. The molecule has 1 saturated heterocycles. The highest BCUT2D eigenvalue weighted by atomic mass is 16.5. The SMILES string of the molecule is CCOC(=O)[C@H]1[C@H]2C(=O)N([C@@H](CO)C(C)C)[C@H](C(=O)Nc3ccc(N(CC)CC)cc3)[C@H]2C=C[C@H]1C. The number of amides is 2. The van der Waals surface area contributed by atoms with Gasteiger partial charge >= 0.3 is 5.97 Å². The van der Waals surface area contributed by atoms with Crippen molar-refractivity contribution in [2.45, 2.75) is 53.6 Å². The molecular formula is C28H41N3O5. The maximum absolute atomic E-state index is 13.8. The maximum Gasteiger partial charge on any atom is 0.310 e. The number of hydrogen-bond donors (Lipinski definition) is 2. The molecule has 2 aliphatic rings. The molecule has 0 saturated carbocycles. The van der Waals surface area contributed by atoms with Crippen molar-refractivity contribution in [2.24, 2.45) is 29.6 Å². The Bertz CT molecular complexity index is 956. The summed E-state index contributed by atoms with van der Waals surface area (Å²) >= 11 is 0. The van der Waals surface area contributed by atoms with Gasteiger partial charge in [-0.2, -0.15) is 0 Å². The van der Waals surface area contributed by atoms with Gasteiger partial charge in [-0.3, -0.25) is 14.4 Å². The number of aliphatic hydroxyl groups excluding tert-OH is 1. The zero-order valence-corrected chi connectivity index (χ0v) is 22.3. The number of anilines is 2. The highest BCUT2D eigenvalue weighted by Crippen LogP contribution is 2.45. The molecule has 36 heavy (non-hydrogen) atoms. The van der Waals surface area contributed by atoms with E-state index in [-0.39, 0.29) is 36.9 Å². The number of carbonyl (C=O) groups is 3. The molecule has 0 spiro atoms. The minimum absolute atomic E-state index is 0.0785. The number of ether oxygens (including phenoxy) is 1. The third-order valence-corrected chi connectivity index (χ3v) is 7.61. The minimum atomic E-state index is -0.842. The van der Waals surface area contributed by atoms with Crippen LogP contribution in [0.1, 0.15) is 41.5 Å². The lowest BCUT2D eigenvalue weighted by Gasteiger charge is -2.35. The number of aliphatic hydroxyl groups is 1. The minimum Gasteiger partial charge on any atom is -0.466 e. The number of nitrogens with one attached hydrogen (secondary N) is 1. The average Bonchev–Trinajstić information content (AvgIpc) is 3.13. The van der Waals surface area contributed by atoms with E-state index >= 15 is 0 Å². The molecule has 1 fully saturated rings. The van der Waals surface area contributed by atoms with Crippen LogP contribution >= 0.6 is 0 Å². The maximum atomic E-state index is 13.8. The normalized spacial score (nSPS) is 26.1. The monoisotopic (exact) mass is 499 g/mol. The number of carbonyl (C=O) groups excluding carboxylic acids is 3. The van der Waals surface area contributed by atoms with Crippen LogP contribution in [0.3, 0.4) is 0 Å². The van der Waals surface area contributed by atoms with E-state index in [0.29, 0.717) is 5.69 Å². The van der Waals surface area contributed by atoms with Crippen molar-refractivity contribution < 1.29 is 24.2 Å². The zero-order valence-electron chi connectivity index (χ0n) is 22.3. The second-order valence-corrected chi connectivity index (χ2v) is 10.0. The molecule has 2 amide bonds. The standard InChI is InChI=1S/C28H41N3O5/c1-7-30(8-2)20-13-11-19(12-14-20)29-26(33)25-21-15-10-18(6)23(28(35)36-9-3)24(21)27(34)31(25)22(16-32)17(4)5/h10-15,17-18,21-25,32H,7-9,16H2,1-6H3,(H,29,33)/t18-,21+,22+,23-,24+,25+/m1/s1. The van der Waals surface area contributed by atoms with Gasteiger partial charge in [0.2, 0.25) is 11.8 Å². The molecule has 2 N–H and O–H groups in total. The van der Waals surface area contributed by atoms with Crippen molar-refractivity contribution in [1.82, 2.24) is 4.90 Å². The Labute approximate surface area is 214 Å². The van der Waals surface area contributed by atoms with Crippen molar-refractivity contribution in [3.63, 3.8) is 0 Å². The van der Waals surface area contributed by atoms with Crippen LogP contribution in [0.15, 0.2) is 36.4 Å². The fourth-order valence-corrected chi connectivity index (χ4v) is 5.68. The number of rotatable bonds is 10. The third kappa shape index (κ3) is 5.28. The van der Waals surface area contributed by atoms with Crippen molar-refractivity contribution in [3.05, 3.63) is 36.4 Å². The number of nitrogens with zero attached hydrogens (tertiary/aromatic N) is 2. The van der Waals surface area contributed by atoms with Crippen molar-refractivity contribution >= 4 is 29.2 Å². The highest BCUT2D eigenvalue weighted by Gasteiger charge is 2.58. The number of fused-ring (bicyclic) bond motifs is 1. The van der Waals surface area contributed by atoms with Crippen LogP contribution in [0.2, 0.25) is 0 Å². The van der Waals surface area contributed by atoms with Crippen molar-refractivity contribution in [2.75, 3.05) is 36.5 Å². The summed E-state index contributed by atoms with van der Waals surface area (Å²) in [7, 11) is 0. The van der Waals surface area contributed by atoms with Crippen molar-refractivity contribution in [1.29, 1.82) is 0 Å². The van der Waals surface area contributed by atoms with Crippen LogP contribution in [0.5, 0.6) is 0 Å². The number of likely N-dealkylation sites (tertiary alicyclic amines) is 1. The molecule has 0 unspecified atom stereocenters. The van der Waals surface area contributed by atoms with Gasteiger partial charge in [0.05, 0.1) is 31.1 Å². The lowest BCUT2D eigenvalue weighted by atomic mass is 9.70. The molecule has 3 rings (SSSR count). The van der Waals surface area contributed by atoms with E-state index in [1.54, 1.807) is 6.92 Å². The Morgan fingerprint density at radius 3 is 2.28 bits per heavy atom. The number of esters is 1. The predicted octanol–water partition coefficient (Wildman–Crippen LogP) is 3.32. The molecule has 1 heterocycles. The summed E-state index contributed by atoms with van der Waals surface area (Å²) in [6.45, 7) is 13.4. The van der Waals surface area contributed by atoms with Crippen LogP contribution in [0.4, 0.5) is 11.4 Å². The first kappa shape index (κ1) is 27.7. The molecule has 1 aromatic rings. The van der Waals surface area contributed by atoms with Gasteiger partial charge in [-0.15, -0.1) is 0 Å². The Morgan fingerprint density at radius 1 is 1.11 bits per heavy atom. The number of allylic oxidation sites excluding steroid dienone is 1. The molecule has 1 aliphatic carbocycles. The van der Waals surface area contributed by atoms with Gasteiger partial charge in [0.25, 0.3) is 0 Å². The fourth-order valence-electron chi connectivity index (χ4n) is 5.68. The van der Waals surface area contributed by atoms with E-state index in [1.165, 1.54) is 4.90 Å². The largest absolute Gasteiger partial charge is 0.466 e. The average molecular weight is 500 g/mol. The molecular weight excluding hydrogens is 458 g/mol. The number of hydrogen-bond acceptors (Lipinski definition) is 6. The van der Waals surface area contributed by atoms with E-state index in [4.69, 9.17) is 4.74 Å². The smallest absolute Gasteiger partial charge is 0.310 e. The van der Waals surface area contributed by atoms with E-state index in [1.807, 2.05) is 57.2 Å². The Balaban J connectivity index is 1.96. The van der Waals surface area contributed by atoms with E-state index < -0.39 is 35.8 Å². The molecule has 1 aromatic carbocycles. The van der Waals surface area contributed by atoms with Crippen molar-refractivity contribution in [3.8, 4) is 0 Å². The van der Waals surface area contributed by atoms with E-state index in [9.17, 15) is 19.5 Å². The molecule has 6 atom stereocenters. The summed E-state index contributed by atoms with van der Waals surface area (Å²) in [5.74, 6) is -3.18. The van der Waals surface area contributed by atoms with Crippen LogP contribution in [0.25, 0.3) is 0 Å². The summed E-state index contributed by atoms with van der Waals surface area (Å²) in [4.78, 5) is 44.2. The van der Waals surface area contributed by atoms with Crippen LogP contribution in [-0.4, -0.2) is 66.2 Å².